The SMILES string of the molecule is CC(=O)C1CCC2C3CCc4c(C)cc(O)cc4C3CCC12C. The smallest absolute Gasteiger partial charge is 0.133 e. The molecule has 124 valence electrons. The van der Waals surface area contributed by atoms with Crippen LogP contribution in [0.25, 0.3) is 0 Å². The fraction of sp³-hybridized carbons (Fsp3) is 0.667. The zero-order chi connectivity index (χ0) is 16.4. The highest BCUT2D eigenvalue weighted by atomic mass is 16.3. The molecule has 0 radical (unpaired) electrons. The molecule has 3 aliphatic rings. The van der Waals surface area contributed by atoms with Gasteiger partial charge in [0.05, 0.1) is 0 Å². The Bertz CT molecular complexity index is 662. The average molecular weight is 312 g/mol. The second-order valence-electron chi connectivity index (χ2n) is 8.53. The molecule has 1 aromatic rings. The first kappa shape index (κ1) is 15.2. The summed E-state index contributed by atoms with van der Waals surface area (Å²) in [4.78, 5) is 12.1. The van der Waals surface area contributed by atoms with Crippen molar-refractivity contribution in [2.45, 2.75) is 65.2 Å². The zero-order valence-corrected chi connectivity index (χ0v) is 14.6. The molecule has 0 aliphatic heterocycles. The summed E-state index contributed by atoms with van der Waals surface area (Å²) < 4.78 is 0. The van der Waals surface area contributed by atoms with Gasteiger partial charge < -0.3 is 5.11 Å². The van der Waals surface area contributed by atoms with Gasteiger partial charge in [0, 0.05) is 5.92 Å². The van der Waals surface area contributed by atoms with E-state index in [0.717, 1.165) is 19.3 Å². The van der Waals surface area contributed by atoms with Crippen LogP contribution in [-0.4, -0.2) is 10.9 Å². The number of Topliss-reactive ketones (excluding diaryl/α,β-unsaturated/α-hetero) is 1. The lowest BCUT2D eigenvalue weighted by molar-refractivity contribution is -0.125. The third-order valence-electron chi connectivity index (χ3n) is 7.55. The van der Waals surface area contributed by atoms with Gasteiger partial charge in [-0.05, 0) is 104 Å². The maximum atomic E-state index is 12.1. The monoisotopic (exact) mass is 312 g/mol. The molecule has 5 unspecified atom stereocenters. The molecule has 2 heteroatoms. The van der Waals surface area contributed by atoms with Crippen molar-refractivity contribution in [1.29, 1.82) is 0 Å². The summed E-state index contributed by atoms with van der Waals surface area (Å²) in [6, 6.07) is 3.94. The molecule has 0 amide bonds. The van der Waals surface area contributed by atoms with Crippen LogP contribution in [0.1, 0.15) is 68.6 Å². The molecule has 0 saturated heterocycles. The fourth-order valence-electron chi connectivity index (χ4n) is 6.55. The molecule has 2 fully saturated rings. The number of rotatable bonds is 1. The maximum Gasteiger partial charge on any atom is 0.133 e. The van der Waals surface area contributed by atoms with Gasteiger partial charge in [-0.2, -0.15) is 0 Å². The van der Waals surface area contributed by atoms with Gasteiger partial charge in [-0.1, -0.05) is 6.92 Å². The van der Waals surface area contributed by atoms with Crippen molar-refractivity contribution < 1.29 is 9.90 Å². The molecule has 2 saturated carbocycles. The molecule has 23 heavy (non-hydrogen) atoms. The van der Waals surface area contributed by atoms with E-state index in [4.69, 9.17) is 0 Å². The van der Waals surface area contributed by atoms with Crippen LogP contribution in [0.15, 0.2) is 12.1 Å². The average Bonchev–Trinajstić information content (AvgIpc) is 2.84. The highest BCUT2D eigenvalue weighted by Crippen LogP contribution is 2.63. The number of phenols is 1. The Hall–Kier alpha value is -1.31. The number of phenolic OH excluding ortho intramolecular Hbond substituents is 1. The van der Waals surface area contributed by atoms with Gasteiger partial charge in [-0.3, -0.25) is 4.79 Å². The second kappa shape index (κ2) is 5.09. The minimum atomic E-state index is 0.219. The van der Waals surface area contributed by atoms with Gasteiger partial charge in [0.15, 0.2) is 0 Å². The van der Waals surface area contributed by atoms with Gasteiger partial charge in [0.1, 0.15) is 11.5 Å². The largest absolute Gasteiger partial charge is 0.508 e. The van der Waals surface area contributed by atoms with Crippen molar-refractivity contribution in [3.63, 3.8) is 0 Å². The number of carbonyl (C=O) groups excluding carboxylic acids is 1. The van der Waals surface area contributed by atoms with Gasteiger partial charge in [-0.25, -0.2) is 0 Å². The molecule has 0 spiro atoms. The lowest BCUT2D eigenvalue weighted by atomic mass is 9.53. The summed E-state index contributed by atoms with van der Waals surface area (Å²) in [7, 11) is 0. The summed E-state index contributed by atoms with van der Waals surface area (Å²) >= 11 is 0. The number of hydrogen-bond donors (Lipinski definition) is 1. The summed E-state index contributed by atoms with van der Waals surface area (Å²) in [6.07, 6.45) is 7.04. The fourth-order valence-corrected chi connectivity index (χ4v) is 6.55. The number of benzene rings is 1. The van der Waals surface area contributed by atoms with E-state index in [-0.39, 0.29) is 11.3 Å². The summed E-state index contributed by atoms with van der Waals surface area (Å²) in [6.45, 7) is 6.31. The normalized spacial score (nSPS) is 38.6. The van der Waals surface area contributed by atoms with Crippen molar-refractivity contribution in [2.24, 2.45) is 23.2 Å². The highest BCUT2D eigenvalue weighted by Gasteiger charge is 2.55. The predicted molar refractivity (Wildman–Crippen MR) is 91.6 cm³/mol. The molecule has 0 aromatic heterocycles. The first-order valence-electron chi connectivity index (χ1n) is 9.24. The Morgan fingerprint density at radius 2 is 2.00 bits per heavy atom. The van der Waals surface area contributed by atoms with Crippen molar-refractivity contribution in [1.82, 2.24) is 0 Å². The topological polar surface area (TPSA) is 37.3 Å². The van der Waals surface area contributed by atoms with Crippen LogP contribution in [0.5, 0.6) is 5.75 Å². The Labute approximate surface area is 139 Å². The van der Waals surface area contributed by atoms with Gasteiger partial charge >= 0.3 is 0 Å². The molecular weight excluding hydrogens is 284 g/mol. The number of ketones is 1. The summed E-state index contributed by atoms with van der Waals surface area (Å²) in [5.41, 5.74) is 4.36. The Balaban J connectivity index is 1.72. The minimum absolute atomic E-state index is 0.219. The van der Waals surface area contributed by atoms with Gasteiger partial charge in [0.2, 0.25) is 0 Å². The quantitative estimate of drug-likeness (QED) is 0.811. The Morgan fingerprint density at radius 3 is 2.74 bits per heavy atom. The molecule has 4 rings (SSSR count). The number of hydrogen-bond acceptors (Lipinski definition) is 2. The third-order valence-corrected chi connectivity index (χ3v) is 7.55. The van der Waals surface area contributed by atoms with Crippen molar-refractivity contribution in [2.75, 3.05) is 0 Å². The highest BCUT2D eigenvalue weighted by molar-refractivity contribution is 5.79. The Kier molecular flexibility index (Phi) is 3.37. The summed E-state index contributed by atoms with van der Waals surface area (Å²) in [5, 5.41) is 10.1. The van der Waals surface area contributed by atoms with Crippen LogP contribution in [0.2, 0.25) is 0 Å². The molecule has 2 nitrogen and oxygen atoms in total. The molecule has 3 aliphatic carbocycles. The lowest BCUT2D eigenvalue weighted by Crippen LogP contribution is -2.43. The Morgan fingerprint density at radius 1 is 1.22 bits per heavy atom. The first-order valence-corrected chi connectivity index (χ1v) is 9.24. The number of carbonyl (C=O) groups is 1. The van der Waals surface area contributed by atoms with Crippen LogP contribution in [0.3, 0.4) is 0 Å². The minimum Gasteiger partial charge on any atom is -0.508 e. The van der Waals surface area contributed by atoms with Crippen LogP contribution >= 0.6 is 0 Å². The van der Waals surface area contributed by atoms with Crippen molar-refractivity contribution in [3.05, 3.63) is 28.8 Å². The van der Waals surface area contributed by atoms with Gasteiger partial charge in [-0.15, -0.1) is 0 Å². The van der Waals surface area contributed by atoms with E-state index in [1.54, 1.807) is 6.92 Å². The zero-order valence-electron chi connectivity index (χ0n) is 14.6. The molecule has 0 bridgehead atoms. The standard InChI is InChI=1S/C21H28O2/c1-12-10-14(23)11-18-15(12)4-5-17-16(18)8-9-21(3)19(13(2)22)6-7-20(17)21/h10-11,16-17,19-20,23H,4-9H2,1-3H3. The molecule has 1 aromatic carbocycles. The third kappa shape index (κ3) is 2.10. The van der Waals surface area contributed by atoms with E-state index < -0.39 is 0 Å². The maximum absolute atomic E-state index is 12.1. The van der Waals surface area contributed by atoms with Crippen molar-refractivity contribution >= 4 is 5.78 Å². The number of fused-ring (bicyclic) bond motifs is 5. The van der Waals surface area contributed by atoms with E-state index in [0.29, 0.717) is 29.3 Å². The predicted octanol–water partition coefficient (Wildman–Crippen LogP) is 4.76. The van der Waals surface area contributed by atoms with E-state index in [1.807, 2.05) is 12.1 Å². The van der Waals surface area contributed by atoms with Crippen LogP contribution < -0.4 is 0 Å². The molecule has 1 N–H and O–H groups in total. The molecule has 0 heterocycles. The van der Waals surface area contributed by atoms with Crippen LogP contribution in [0, 0.1) is 30.1 Å². The van der Waals surface area contributed by atoms with Crippen molar-refractivity contribution in [3.8, 4) is 5.75 Å². The van der Waals surface area contributed by atoms with Crippen LogP contribution in [-0.2, 0) is 11.2 Å². The molecular formula is C21H28O2. The second-order valence-corrected chi connectivity index (χ2v) is 8.53. The van der Waals surface area contributed by atoms with E-state index >= 15 is 0 Å². The summed E-state index contributed by atoms with van der Waals surface area (Å²) in [5.74, 6) is 3.08. The van der Waals surface area contributed by atoms with Gasteiger partial charge in [0.25, 0.3) is 0 Å². The van der Waals surface area contributed by atoms with E-state index in [1.165, 1.54) is 36.0 Å². The van der Waals surface area contributed by atoms with E-state index in [9.17, 15) is 9.90 Å². The van der Waals surface area contributed by atoms with E-state index in [2.05, 4.69) is 13.8 Å². The first-order chi connectivity index (χ1) is 10.9. The molecule has 5 atom stereocenters. The number of aromatic hydroxyl groups is 1. The van der Waals surface area contributed by atoms with Crippen LogP contribution in [0.4, 0.5) is 0 Å². The number of aryl methyl sites for hydroxylation is 1. The lowest BCUT2D eigenvalue weighted by Gasteiger charge is -2.50.